The zero-order chi connectivity index (χ0) is 9.80. The van der Waals surface area contributed by atoms with Crippen molar-refractivity contribution in [2.75, 3.05) is 19.5 Å². The van der Waals surface area contributed by atoms with Gasteiger partial charge in [-0.2, -0.15) is 0 Å². The topological polar surface area (TPSA) is 18.5 Å². The Hall–Kier alpha value is -0.445. The fourth-order valence-electron chi connectivity index (χ4n) is 1.44. The van der Waals surface area contributed by atoms with Crippen molar-refractivity contribution in [2.45, 2.75) is 11.3 Å². The molecule has 0 aromatic heterocycles. The predicted octanol–water partition coefficient (Wildman–Crippen LogP) is 1.54. The summed E-state index contributed by atoms with van der Waals surface area (Å²) >= 11 is 1.74. The average Bonchev–Trinajstić information content (AvgIpc) is 2.30. The summed E-state index contributed by atoms with van der Waals surface area (Å²) in [6.45, 7) is 1.60. The van der Waals surface area contributed by atoms with Crippen LogP contribution in [0.4, 0.5) is 0 Å². The number of thioether (sulfide) groups is 1. The third-order valence-electron chi connectivity index (χ3n) is 2.22. The number of benzene rings is 1. The summed E-state index contributed by atoms with van der Waals surface area (Å²) in [5.74, 6) is 0. The molecule has 1 saturated heterocycles. The van der Waals surface area contributed by atoms with E-state index < -0.39 is 0 Å². The molecule has 1 fully saturated rings. The molecule has 2 rings (SSSR count). The van der Waals surface area contributed by atoms with Crippen LogP contribution in [0, 0.1) is 0 Å². The van der Waals surface area contributed by atoms with Crippen LogP contribution < -0.4 is 5.46 Å². The third kappa shape index (κ3) is 2.32. The minimum atomic E-state index is -0.153. The number of hydrogen-bond acceptors (Lipinski definition) is 3. The van der Waals surface area contributed by atoms with E-state index in [1.165, 1.54) is 4.90 Å². The maximum absolute atomic E-state index is 5.51. The number of rotatable bonds is 2. The van der Waals surface area contributed by atoms with E-state index in [1.807, 2.05) is 0 Å². The van der Waals surface area contributed by atoms with Crippen molar-refractivity contribution in [3.8, 4) is 0 Å². The molecule has 4 heteroatoms. The maximum Gasteiger partial charge on any atom is 0.493 e. The lowest BCUT2D eigenvalue weighted by molar-refractivity contribution is 0.143. The highest BCUT2D eigenvalue weighted by Crippen LogP contribution is 2.12. The Bertz CT molecular complexity index is 283. The summed E-state index contributed by atoms with van der Waals surface area (Å²) in [7, 11) is -0.153. The zero-order valence-electron chi connectivity index (χ0n) is 8.23. The van der Waals surface area contributed by atoms with Gasteiger partial charge in [0.05, 0.1) is 0 Å². The summed E-state index contributed by atoms with van der Waals surface area (Å²) in [5, 5.41) is 0. The summed E-state index contributed by atoms with van der Waals surface area (Å²) in [5.41, 5.74) is 1.11. The lowest BCUT2D eigenvalue weighted by atomic mass is 9.78. The molecule has 14 heavy (non-hydrogen) atoms. The van der Waals surface area contributed by atoms with E-state index in [0.29, 0.717) is 0 Å². The zero-order valence-corrected chi connectivity index (χ0v) is 9.05. The molecule has 1 heterocycles. The average molecular weight is 208 g/mol. The quantitative estimate of drug-likeness (QED) is 0.542. The Morgan fingerprint density at radius 1 is 1.14 bits per heavy atom. The second kappa shape index (κ2) is 4.87. The van der Waals surface area contributed by atoms with Crippen LogP contribution in [0.2, 0.25) is 0 Å². The first-order chi connectivity index (χ1) is 6.90. The van der Waals surface area contributed by atoms with E-state index in [9.17, 15) is 0 Å². The van der Waals surface area contributed by atoms with Crippen LogP contribution in [0.5, 0.6) is 0 Å². The highest BCUT2D eigenvalue weighted by Gasteiger charge is 2.23. The Labute approximate surface area is 89.1 Å². The van der Waals surface area contributed by atoms with Crippen LogP contribution in [0.3, 0.4) is 0 Å². The van der Waals surface area contributed by atoms with Gasteiger partial charge in [-0.1, -0.05) is 12.1 Å². The predicted molar refractivity (Wildman–Crippen MR) is 60.1 cm³/mol. The first-order valence-electron chi connectivity index (χ1n) is 4.77. The SMILES string of the molecule is CSc1ccc(B2OCCCO2)cc1. The van der Waals surface area contributed by atoms with Gasteiger partial charge in [0.2, 0.25) is 0 Å². The van der Waals surface area contributed by atoms with Gasteiger partial charge in [0.1, 0.15) is 0 Å². The van der Waals surface area contributed by atoms with Crippen LogP contribution in [-0.2, 0) is 9.31 Å². The molecule has 74 valence electrons. The lowest BCUT2D eigenvalue weighted by Gasteiger charge is -2.19. The standard InChI is InChI=1S/C10H13BO2S/c1-14-10-5-3-9(4-6-10)11-12-7-2-8-13-11/h3-6H,2,7-8H2,1H3. The normalized spacial score (nSPS) is 17.1. The maximum atomic E-state index is 5.51. The monoisotopic (exact) mass is 208 g/mol. The van der Waals surface area contributed by atoms with Crippen molar-refractivity contribution in [3.63, 3.8) is 0 Å². The van der Waals surface area contributed by atoms with Gasteiger partial charge in [-0.3, -0.25) is 0 Å². The molecule has 1 aromatic carbocycles. The van der Waals surface area contributed by atoms with E-state index in [-0.39, 0.29) is 7.12 Å². The van der Waals surface area contributed by atoms with Gasteiger partial charge in [-0.05, 0) is 30.3 Å². The highest BCUT2D eigenvalue weighted by atomic mass is 32.2. The second-order valence-electron chi connectivity index (χ2n) is 3.20. The summed E-state index contributed by atoms with van der Waals surface area (Å²) < 4.78 is 11.0. The fourth-order valence-corrected chi connectivity index (χ4v) is 1.85. The Balaban J connectivity index is 2.07. The summed E-state index contributed by atoms with van der Waals surface area (Å²) in [4.78, 5) is 1.27. The Morgan fingerprint density at radius 2 is 1.79 bits per heavy atom. The van der Waals surface area contributed by atoms with Crippen LogP contribution in [-0.4, -0.2) is 26.6 Å². The Morgan fingerprint density at radius 3 is 2.36 bits per heavy atom. The molecule has 0 radical (unpaired) electrons. The lowest BCUT2D eigenvalue weighted by Crippen LogP contribution is -2.40. The van der Waals surface area contributed by atoms with Crippen LogP contribution in [0.25, 0.3) is 0 Å². The van der Waals surface area contributed by atoms with E-state index in [2.05, 4.69) is 30.5 Å². The van der Waals surface area contributed by atoms with E-state index in [1.54, 1.807) is 11.8 Å². The van der Waals surface area contributed by atoms with Crippen molar-refractivity contribution < 1.29 is 9.31 Å². The second-order valence-corrected chi connectivity index (χ2v) is 4.08. The molecule has 0 aliphatic carbocycles. The molecule has 1 aliphatic heterocycles. The van der Waals surface area contributed by atoms with Crippen molar-refractivity contribution in [1.29, 1.82) is 0 Å². The van der Waals surface area contributed by atoms with Crippen LogP contribution in [0.15, 0.2) is 29.2 Å². The molecule has 0 atom stereocenters. The van der Waals surface area contributed by atoms with Gasteiger partial charge in [0, 0.05) is 18.1 Å². The highest BCUT2D eigenvalue weighted by molar-refractivity contribution is 7.98. The molecular formula is C10H13BO2S. The molecule has 0 amide bonds. The summed E-state index contributed by atoms with van der Waals surface area (Å²) in [6, 6.07) is 8.34. The van der Waals surface area contributed by atoms with E-state index in [4.69, 9.17) is 9.31 Å². The molecule has 0 bridgehead atoms. The first kappa shape index (κ1) is 10.1. The third-order valence-corrected chi connectivity index (χ3v) is 2.96. The van der Waals surface area contributed by atoms with Crippen LogP contribution >= 0.6 is 11.8 Å². The molecule has 1 aromatic rings. The van der Waals surface area contributed by atoms with Gasteiger partial charge in [0.15, 0.2) is 0 Å². The molecule has 0 N–H and O–H groups in total. The molecule has 0 spiro atoms. The van der Waals surface area contributed by atoms with Gasteiger partial charge in [-0.15, -0.1) is 11.8 Å². The van der Waals surface area contributed by atoms with E-state index in [0.717, 1.165) is 25.1 Å². The molecule has 0 unspecified atom stereocenters. The van der Waals surface area contributed by atoms with Gasteiger partial charge < -0.3 is 9.31 Å². The van der Waals surface area contributed by atoms with Crippen molar-refractivity contribution in [1.82, 2.24) is 0 Å². The van der Waals surface area contributed by atoms with Crippen molar-refractivity contribution in [2.24, 2.45) is 0 Å². The fraction of sp³-hybridized carbons (Fsp3) is 0.400. The molecule has 1 aliphatic rings. The Kier molecular flexibility index (Phi) is 3.51. The minimum Gasteiger partial charge on any atom is -0.407 e. The van der Waals surface area contributed by atoms with Gasteiger partial charge in [0.25, 0.3) is 0 Å². The molecule has 2 nitrogen and oxygen atoms in total. The van der Waals surface area contributed by atoms with Gasteiger partial charge >= 0.3 is 7.12 Å². The largest absolute Gasteiger partial charge is 0.493 e. The molecular weight excluding hydrogens is 195 g/mol. The number of hydrogen-bond donors (Lipinski definition) is 0. The van der Waals surface area contributed by atoms with Crippen LogP contribution in [0.1, 0.15) is 6.42 Å². The smallest absolute Gasteiger partial charge is 0.407 e. The van der Waals surface area contributed by atoms with E-state index >= 15 is 0 Å². The summed E-state index contributed by atoms with van der Waals surface area (Å²) in [6.07, 6.45) is 3.07. The van der Waals surface area contributed by atoms with Crippen molar-refractivity contribution >= 4 is 24.3 Å². The van der Waals surface area contributed by atoms with Gasteiger partial charge in [-0.25, -0.2) is 0 Å². The van der Waals surface area contributed by atoms with Crippen molar-refractivity contribution in [3.05, 3.63) is 24.3 Å². The molecule has 0 saturated carbocycles. The minimum absolute atomic E-state index is 0.153. The first-order valence-corrected chi connectivity index (χ1v) is 6.00.